The van der Waals surface area contributed by atoms with Crippen LogP contribution in [0.1, 0.15) is 18.9 Å². The van der Waals surface area contributed by atoms with Gasteiger partial charge in [0.15, 0.2) is 0 Å². The van der Waals surface area contributed by atoms with E-state index in [1.807, 2.05) is 6.92 Å². The summed E-state index contributed by atoms with van der Waals surface area (Å²) in [5, 5.41) is 0.301. The van der Waals surface area contributed by atoms with Crippen LogP contribution in [0.3, 0.4) is 0 Å². The number of carbonyl (C=O) groups is 1. The molecule has 0 saturated carbocycles. The summed E-state index contributed by atoms with van der Waals surface area (Å²) in [6.07, 6.45) is 0.797. The van der Waals surface area contributed by atoms with Crippen molar-refractivity contribution in [2.75, 3.05) is 13.1 Å². The first-order valence-electron chi connectivity index (χ1n) is 6.45. The minimum Gasteiger partial charge on any atom is -0.342 e. The van der Waals surface area contributed by atoms with Gasteiger partial charge < -0.3 is 10.6 Å². The molecule has 2 unspecified atom stereocenters. The second-order valence-electron chi connectivity index (χ2n) is 5.15. The van der Waals surface area contributed by atoms with Gasteiger partial charge in [0.05, 0.1) is 6.42 Å². The van der Waals surface area contributed by atoms with Gasteiger partial charge in [-0.1, -0.05) is 24.6 Å². The highest BCUT2D eigenvalue weighted by Gasteiger charge is 2.26. The summed E-state index contributed by atoms with van der Waals surface area (Å²) in [4.78, 5) is 13.9. The van der Waals surface area contributed by atoms with Gasteiger partial charge in [0, 0.05) is 29.7 Å². The van der Waals surface area contributed by atoms with Crippen molar-refractivity contribution < 1.29 is 9.18 Å². The average Bonchev–Trinajstić information content (AvgIpc) is 2.37. The Balaban J connectivity index is 2.05. The van der Waals surface area contributed by atoms with Crippen molar-refractivity contribution in [2.45, 2.75) is 25.8 Å². The summed E-state index contributed by atoms with van der Waals surface area (Å²) >= 11 is 5.93. The molecule has 19 heavy (non-hydrogen) atoms. The van der Waals surface area contributed by atoms with Crippen LogP contribution in [0, 0.1) is 11.7 Å². The van der Waals surface area contributed by atoms with Gasteiger partial charge in [0.1, 0.15) is 5.82 Å². The molecule has 2 atom stereocenters. The van der Waals surface area contributed by atoms with Gasteiger partial charge in [0.2, 0.25) is 5.91 Å². The molecular formula is C14H18ClFN2O. The molecule has 104 valence electrons. The van der Waals surface area contributed by atoms with Crippen molar-refractivity contribution in [1.82, 2.24) is 4.90 Å². The normalized spacial score (nSPS) is 23.5. The number of piperidine rings is 1. The molecule has 1 fully saturated rings. The van der Waals surface area contributed by atoms with E-state index in [2.05, 4.69) is 0 Å². The van der Waals surface area contributed by atoms with Crippen LogP contribution in [0.15, 0.2) is 18.2 Å². The smallest absolute Gasteiger partial charge is 0.227 e. The van der Waals surface area contributed by atoms with Gasteiger partial charge >= 0.3 is 0 Å². The van der Waals surface area contributed by atoms with Crippen LogP contribution in [-0.2, 0) is 11.2 Å². The minimum atomic E-state index is -0.428. The molecular weight excluding hydrogens is 267 g/mol. The van der Waals surface area contributed by atoms with Crippen molar-refractivity contribution in [3.63, 3.8) is 0 Å². The van der Waals surface area contributed by atoms with Crippen LogP contribution >= 0.6 is 11.6 Å². The number of likely N-dealkylation sites (tertiary alicyclic amines) is 1. The van der Waals surface area contributed by atoms with Gasteiger partial charge in [-0.2, -0.15) is 0 Å². The van der Waals surface area contributed by atoms with Gasteiger partial charge in [0.25, 0.3) is 0 Å². The molecule has 1 saturated heterocycles. The molecule has 0 bridgehead atoms. The van der Waals surface area contributed by atoms with E-state index in [1.165, 1.54) is 12.1 Å². The average molecular weight is 285 g/mol. The first-order valence-corrected chi connectivity index (χ1v) is 6.83. The Kier molecular flexibility index (Phi) is 4.42. The Hall–Kier alpha value is -1.13. The number of benzene rings is 1. The van der Waals surface area contributed by atoms with Crippen LogP contribution < -0.4 is 5.73 Å². The van der Waals surface area contributed by atoms with E-state index in [4.69, 9.17) is 17.3 Å². The zero-order chi connectivity index (χ0) is 14.0. The first-order chi connectivity index (χ1) is 8.99. The number of carbonyl (C=O) groups excluding carboxylic acids is 1. The summed E-state index contributed by atoms with van der Waals surface area (Å²) in [5.41, 5.74) is 6.20. The number of nitrogens with two attached hydrogens (primary N) is 1. The minimum absolute atomic E-state index is 0.00741. The van der Waals surface area contributed by atoms with E-state index < -0.39 is 5.82 Å². The molecule has 0 spiro atoms. The molecule has 1 amide bonds. The molecule has 1 aliphatic rings. The number of nitrogens with zero attached hydrogens (tertiary/aromatic N) is 1. The van der Waals surface area contributed by atoms with Crippen molar-refractivity contribution >= 4 is 17.5 Å². The van der Waals surface area contributed by atoms with Crippen molar-refractivity contribution in [1.29, 1.82) is 0 Å². The summed E-state index contributed by atoms with van der Waals surface area (Å²) in [5.74, 6) is -0.248. The molecule has 0 aliphatic carbocycles. The zero-order valence-electron chi connectivity index (χ0n) is 10.9. The van der Waals surface area contributed by atoms with Crippen molar-refractivity contribution in [3.05, 3.63) is 34.6 Å². The van der Waals surface area contributed by atoms with E-state index in [0.29, 0.717) is 18.1 Å². The lowest BCUT2D eigenvalue weighted by atomic mass is 9.94. The highest BCUT2D eigenvalue weighted by atomic mass is 35.5. The number of rotatable bonds is 2. The Morgan fingerprint density at radius 3 is 2.95 bits per heavy atom. The molecule has 0 radical (unpaired) electrons. The summed E-state index contributed by atoms with van der Waals surface area (Å²) < 4.78 is 13.6. The van der Waals surface area contributed by atoms with Gasteiger partial charge in [-0.15, -0.1) is 0 Å². The monoisotopic (exact) mass is 284 g/mol. The largest absolute Gasteiger partial charge is 0.342 e. The predicted octanol–water partition coefficient (Wildman–Crippen LogP) is 2.22. The fourth-order valence-corrected chi connectivity index (χ4v) is 2.58. The maximum absolute atomic E-state index is 13.6. The van der Waals surface area contributed by atoms with E-state index >= 15 is 0 Å². The zero-order valence-corrected chi connectivity index (χ0v) is 11.7. The van der Waals surface area contributed by atoms with E-state index in [-0.39, 0.29) is 29.9 Å². The summed E-state index contributed by atoms with van der Waals surface area (Å²) in [7, 11) is 0. The fourth-order valence-electron chi connectivity index (χ4n) is 2.35. The summed E-state index contributed by atoms with van der Waals surface area (Å²) in [6, 6.07) is 4.60. The number of halogens is 2. The van der Waals surface area contributed by atoms with Crippen molar-refractivity contribution in [2.24, 2.45) is 11.7 Å². The Morgan fingerprint density at radius 1 is 1.58 bits per heavy atom. The molecule has 1 aliphatic heterocycles. The highest BCUT2D eigenvalue weighted by molar-refractivity contribution is 6.31. The Bertz CT molecular complexity index is 460. The maximum atomic E-state index is 13.6. The SMILES string of the molecule is CC1CN(C(=O)Cc2c(F)cccc2Cl)CCC1N. The first kappa shape index (κ1) is 14.3. The fraction of sp³-hybridized carbons (Fsp3) is 0.500. The van der Waals surface area contributed by atoms with E-state index in [1.54, 1.807) is 11.0 Å². The molecule has 1 heterocycles. The Labute approximate surface area is 117 Å². The molecule has 0 aromatic heterocycles. The Morgan fingerprint density at radius 2 is 2.32 bits per heavy atom. The third kappa shape index (κ3) is 3.25. The third-order valence-electron chi connectivity index (χ3n) is 3.71. The molecule has 2 rings (SSSR count). The van der Waals surface area contributed by atoms with Crippen LogP contribution in [0.4, 0.5) is 4.39 Å². The van der Waals surface area contributed by atoms with Crippen LogP contribution in [0.5, 0.6) is 0 Å². The lowest BCUT2D eigenvalue weighted by molar-refractivity contribution is -0.132. The molecule has 2 N–H and O–H groups in total. The number of hydrogen-bond acceptors (Lipinski definition) is 2. The molecule has 1 aromatic rings. The second kappa shape index (κ2) is 5.88. The van der Waals surface area contributed by atoms with Gasteiger partial charge in [-0.05, 0) is 24.5 Å². The molecule has 3 nitrogen and oxygen atoms in total. The van der Waals surface area contributed by atoms with E-state index in [9.17, 15) is 9.18 Å². The molecule has 5 heteroatoms. The van der Waals surface area contributed by atoms with Crippen LogP contribution in [-0.4, -0.2) is 29.9 Å². The highest BCUT2D eigenvalue weighted by Crippen LogP contribution is 2.22. The second-order valence-corrected chi connectivity index (χ2v) is 5.55. The third-order valence-corrected chi connectivity index (χ3v) is 4.07. The summed E-state index contributed by atoms with van der Waals surface area (Å²) in [6.45, 7) is 3.29. The lowest BCUT2D eigenvalue weighted by Crippen LogP contribution is -2.48. The number of amides is 1. The van der Waals surface area contributed by atoms with Crippen LogP contribution in [0.25, 0.3) is 0 Å². The quantitative estimate of drug-likeness (QED) is 0.905. The maximum Gasteiger partial charge on any atom is 0.227 e. The van der Waals surface area contributed by atoms with Gasteiger partial charge in [-0.25, -0.2) is 4.39 Å². The lowest BCUT2D eigenvalue weighted by Gasteiger charge is -2.35. The van der Waals surface area contributed by atoms with Gasteiger partial charge in [-0.3, -0.25) is 4.79 Å². The molecule has 1 aromatic carbocycles. The standard InChI is InChI=1S/C14H18ClFN2O/c1-9-8-18(6-5-13(9)17)14(19)7-10-11(15)3-2-4-12(10)16/h2-4,9,13H,5-8,17H2,1H3. The number of hydrogen-bond donors (Lipinski definition) is 1. The van der Waals surface area contributed by atoms with E-state index in [0.717, 1.165) is 6.42 Å². The van der Waals surface area contributed by atoms with Crippen LogP contribution in [0.2, 0.25) is 5.02 Å². The van der Waals surface area contributed by atoms with Crippen molar-refractivity contribution in [3.8, 4) is 0 Å². The topological polar surface area (TPSA) is 46.3 Å². The predicted molar refractivity (Wildman–Crippen MR) is 73.5 cm³/mol.